The molecule has 0 saturated heterocycles. The van der Waals surface area contributed by atoms with Crippen molar-refractivity contribution in [2.45, 2.75) is 6.54 Å². The van der Waals surface area contributed by atoms with E-state index in [9.17, 15) is 10.1 Å². The van der Waals surface area contributed by atoms with E-state index in [1.807, 2.05) is 18.2 Å². The zero-order valence-electron chi connectivity index (χ0n) is 10.5. The number of benzene rings is 1. The maximum atomic E-state index is 11.1. The summed E-state index contributed by atoms with van der Waals surface area (Å²) in [6.07, 6.45) is 0. The second-order valence-electron chi connectivity index (χ2n) is 4.13. The highest BCUT2D eigenvalue weighted by Gasteiger charge is 2.18. The summed E-state index contributed by atoms with van der Waals surface area (Å²) in [6, 6.07) is 10.3. The SMILES string of the molecule is CN(Cc1ccc(Br)s1)c1ccc(C#N)cc1[N+](=O)[O-]. The normalized spacial score (nSPS) is 10.1. The van der Waals surface area contributed by atoms with Crippen molar-refractivity contribution in [2.75, 3.05) is 11.9 Å². The average Bonchev–Trinajstić information content (AvgIpc) is 2.83. The molecule has 0 unspecified atom stereocenters. The van der Waals surface area contributed by atoms with Crippen molar-refractivity contribution in [3.05, 3.63) is 54.7 Å². The Morgan fingerprint density at radius 2 is 2.20 bits per heavy atom. The van der Waals surface area contributed by atoms with Gasteiger partial charge in [0.05, 0.1) is 26.9 Å². The van der Waals surface area contributed by atoms with Crippen molar-refractivity contribution in [3.63, 3.8) is 0 Å². The van der Waals surface area contributed by atoms with Gasteiger partial charge in [-0.25, -0.2) is 0 Å². The molecule has 1 heterocycles. The molecule has 0 aliphatic rings. The summed E-state index contributed by atoms with van der Waals surface area (Å²) < 4.78 is 1.02. The van der Waals surface area contributed by atoms with E-state index >= 15 is 0 Å². The van der Waals surface area contributed by atoms with Gasteiger partial charge < -0.3 is 4.90 Å². The van der Waals surface area contributed by atoms with Gasteiger partial charge in [0.2, 0.25) is 0 Å². The number of hydrogen-bond donors (Lipinski definition) is 0. The van der Waals surface area contributed by atoms with Crippen LogP contribution in [0.25, 0.3) is 0 Å². The van der Waals surface area contributed by atoms with E-state index in [-0.39, 0.29) is 11.3 Å². The van der Waals surface area contributed by atoms with Gasteiger partial charge in [-0.3, -0.25) is 10.1 Å². The third-order valence-electron chi connectivity index (χ3n) is 2.73. The fourth-order valence-corrected chi connectivity index (χ4v) is 3.35. The standard InChI is InChI=1S/C13H10BrN3O2S/c1-16(8-10-3-5-13(14)20-10)11-4-2-9(7-15)6-12(11)17(18)19/h2-6H,8H2,1H3. The van der Waals surface area contributed by atoms with Crippen LogP contribution in [0.5, 0.6) is 0 Å². The lowest BCUT2D eigenvalue weighted by Gasteiger charge is -2.18. The van der Waals surface area contributed by atoms with Crippen molar-refractivity contribution in [1.82, 2.24) is 0 Å². The van der Waals surface area contributed by atoms with Crippen molar-refractivity contribution in [2.24, 2.45) is 0 Å². The van der Waals surface area contributed by atoms with Gasteiger partial charge in [0.1, 0.15) is 5.69 Å². The van der Waals surface area contributed by atoms with Crippen LogP contribution >= 0.6 is 27.3 Å². The quantitative estimate of drug-likeness (QED) is 0.618. The maximum absolute atomic E-state index is 11.1. The number of halogens is 1. The van der Waals surface area contributed by atoms with Gasteiger partial charge in [-0.15, -0.1) is 11.3 Å². The number of nitro groups is 1. The van der Waals surface area contributed by atoms with E-state index < -0.39 is 4.92 Å². The summed E-state index contributed by atoms with van der Waals surface area (Å²) in [7, 11) is 1.79. The van der Waals surface area contributed by atoms with Gasteiger partial charge in [0.25, 0.3) is 5.69 Å². The fraction of sp³-hybridized carbons (Fsp3) is 0.154. The third-order valence-corrected chi connectivity index (χ3v) is 4.34. The molecule has 5 nitrogen and oxygen atoms in total. The lowest BCUT2D eigenvalue weighted by atomic mass is 10.1. The molecule has 0 aliphatic heterocycles. The van der Waals surface area contributed by atoms with Crippen LogP contribution in [0.1, 0.15) is 10.4 Å². The Hall–Kier alpha value is -1.91. The van der Waals surface area contributed by atoms with Gasteiger partial charge in [-0.2, -0.15) is 5.26 Å². The van der Waals surface area contributed by atoms with Crippen LogP contribution in [0.3, 0.4) is 0 Å². The molecule has 0 atom stereocenters. The minimum absolute atomic E-state index is 0.0535. The lowest BCUT2D eigenvalue weighted by Crippen LogP contribution is -2.17. The highest BCUT2D eigenvalue weighted by atomic mass is 79.9. The number of thiophene rings is 1. The third kappa shape index (κ3) is 3.15. The Labute approximate surface area is 128 Å². The molecule has 2 rings (SSSR count). The minimum Gasteiger partial charge on any atom is -0.364 e. The summed E-state index contributed by atoms with van der Waals surface area (Å²) in [5.41, 5.74) is 0.730. The summed E-state index contributed by atoms with van der Waals surface area (Å²) in [5, 5.41) is 19.9. The number of nitro benzene ring substituents is 1. The van der Waals surface area contributed by atoms with Gasteiger partial charge in [0, 0.05) is 18.0 Å². The topological polar surface area (TPSA) is 70.2 Å². The van der Waals surface area contributed by atoms with Crippen LogP contribution in [-0.2, 0) is 6.54 Å². The Morgan fingerprint density at radius 1 is 1.45 bits per heavy atom. The largest absolute Gasteiger partial charge is 0.364 e. The monoisotopic (exact) mass is 351 g/mol. The molecule has 0 bridgehead atoms. The molecule has 0 aliphatic carbocycles. The van der Waals surface area contributed by atoms with E-state index in [0.717, 1.165) is 8.66 Å². The molecular weight excluding hydrogens is 342 g/mol. The molecule has 0 fully saturated rings. The first-order valence-corrected chi connectivity index (χ1v) is 7.26. The zero-order valence-corrected chi connectivity index (χ0v) is 12.9. The lowest BCUT2D eigenvalue weighted by molar-refractivity contribution is -0.384. The first kappa shape index (κ1) is 14.5. The molecule has 7 heteroatoms. The molecule has 20 heavy (non-hydrogen) atoms. The molecule has 0 spiro atoms. The van der Waals surface area contributed by atoms with Crippen LogP contribution in [0.15, 0.2) is 34.1 Å². The van der Waals surface area contributed by atoms with Crippen LogP contribution < -0.4 is 4.90 Å². The summed E-state index contributed by atoms with van der Waals surface area (Å²) in [6.45, 7) is 0.572. The summed E-state index contributed by atoms with van der Waals surface area (Å²) in [4.78, 5) is 13.6. The summed E-state index contributed by atoms with van der Waals surface area (Å²) in [5.74, 6) is 0. The van der Waals surface area contributed by atoms with Crippen molar-refractivity contribution < 1.29 is 4.92 Å². The molecule has 0 saturated carbocycles. The maximum Gasteiger partial charge on any atom is 0.293 e. The number of hydrogen-bond acceptors (Lipinski definition) is 5. The van der Waals surface area contributed by atoms with Gasteiger partial charge in [-0.05, 0) is 40.2 Å². The first-order chi connectivity index (χ1) is 9.51. The smallest absolute Gasteiger partial charge is 0.293 e. The molecule has 0 amide bonds. The highest BCUT2D eigenvalue weighted by molar-refractivity contribution is 9.11. The van der Waals surface area contributed by atoms with Crippen LogP contribution in [0, 0.1) is 21.4 Å². The van der Waals surface area contributed by atoms with E-state index in [1.165, 1.54) is 6.07 Å². The van der Waals surface area contributed by atoms with Crippen LogP contribution in [0.2, 0.25) is 0 Å². The first-order valence-electron chi connectivity index (χ1n) is 5.65. The van der Waals surface area contributed by atoms with E-state index in [4.69, 9.17) is 5.26 Å². The van der Waals surface area contributed by atoms with Gasteiger partial charge >= 0.3 is 0 Å². The Balaban J connectivity index is 2.31. The molecule has 0 radical (unpaired) electrons. The Bertz CT molecular complexity index is 693. The van der Waals surface area contributed by atoms with E-state index in [2.05, 4.69) is 15.9 Å². The van der Waals surface area contributed by atoms with Gasteiger partial charge in [-0.1, -0.05) is 0 Å². The summed E-state index contributed by atoms with van der Waals surface area (Å²) >= 11 is 4.98. The molecule has 102 valence electrons. The highest BCUT2D eigenvalue weighted by Crippen LogP contribution is 2.31. The van der Waals surface area contributed by atoms with E-state index in [0.29, 0.717) is 12.2 Å². The number of rotatable bonds is 4. The fourth-order valence-electron chi connectivity index (χ4n) is 1.82. The molecular formula is C13H10BrN3O2S. The molecule has 2 aromatic rings. The number of anilines is 1. The number of nitriles is 1. The predicted molar refractivity (Wildman–Crippen MR) is 81.9 cm³/mol. The molecule has 0 N–H and O–H groups in total. The van der Waals surface area contributed by atoms with E-state index in [1.54, 1.807) is 35.4 Å². The van der Waals surface area contributed by atoms with Crippen LogP contribution in [-0.4, -0.2) is 12.0 Å². The average molecular weight is 352 g/mol. The van der Waals surface area contributed by atoms with Gasteiger partial charge in [0.15, 0.2) is 0 Å². The minimum atomic E-state index is -0.461. The second kappa shape index (κ2) is 6.03. The number of nitrogens with zero attached hydrogens (tertiary/aromatic N) is 3. The Morgan fingerprint density at radius 3 is 2.75 bits per heavy atom. The van der Waals surface area contributed by atoms with Crippen molar-refractivity contribution >= 4 is 38.6 Å². The van der Waals surface area contributed by atoms with Crippen molar-refractivity contribution in [1.29, 1.82) is 5.26 Å². The van der Waals surface area contributed by atoms with Crippen LogP contribution in [0.4, 0.5) is 11.4 Å². The predicted octanol–water partition coefficient (Wildman–Crippen LogP) is 3.93. The zero-order chi connectivity index (χ0) is 14.7. The Kier molecular flexibility index (Phi) is 4.37. The molecule has 1 aromatic heterocycles. The van der Waals surface area contributed by atoms with Crippen molar-refractivity contribution in [3.8, 4) is 6.07 Å². The second-order valence-corrected chi connectivity index (χ2v) is 6.68. The molecule has 1 aromatic carbocycles.